The van der Waals surface area contributed by atoms with E-state index in [1.165, 1.54) is 22.5 Å². The van der Waals surface area contributed by atoms with Gasteiger partial charge in [-0.2, -0.15) is 4.31 Å². The van der Waals surface area contributed by atoms with Crippen LogP contribution in [0, 0.1) is 0 Å². The van der Waals surface area contributed by atoms with Gasteiger partial charge in [0, 0.05) is 13.1 Å². The highest BCUT2D eigenvalue weighted by atomic mass is 35.5. The van der Waals surface area contributed by atoms with Gasteiger partial charge in [0.05, 0.1) is 21.7 Å². The molecule has 17 heavy (non-hydrogen) atoms. The topological polar surface area (TPSA) is 83.6 Å². The molecule has 5 nitrogen and oxygen atoms in total. The van der Waals surface area contributed by atoms with Gasteiger partial charge in [0.15, 0.2) is 0 Å². The Morgan fingerprint density at radius 3 is 2.71 bits per heavy atom. The molecular weight excluding hydrogens is 264 g/mol. The summed E-state index contributed by atoms with van der Waals surface area (Å²) in [5.74, 6) is 0. The Kier molecular flexibility index (Phi) is 3.31. The van der Waals surface area contributed by atoms with E-state index in [4.69, 9.17) is 17.3 Å². The molecule has 0 spiro atoms. The first-order valence-electron chi connectivity index (χ1n) is 5.14. The van der Waals surface area contributed by atoms with Crippen LogP contribution >= 0.6 is 11.6 Å². The summed E-state index contributed by atoms with van der Waals surface area (Å²) in [6.07, 6.45) is -0.128. The molecule has 1 unspecified atom stereocenters. The van der Waals surface area contributed by atoms with Gasteiger partial charge in [0.25, 0.3) is 0 Å². The molecule has 2 rings (SSSR count). The fourth-order valence-electron chi connectivity index (χ4n) is 1.76. The van der Waals surface area contributed by atoms with Gasteiger partial charge in [-0.05, 0) is 24.6 Å². The van der Waals surface area contributed by atoms with Crippen molar-refractivity contribution in [3.05, 3.63) is 23.2 Å². The molecule has 1 aromatic rings. The van der Waals surface area contributed by atoms with Crippen LogP contribution in [0.4, 0.5) is 5.69 Å². The van der Waals surface area contributed by atoms with Gasteiger partial charge in [-0.3, -0.25) is 0 Å². The molecule has 1 aliphatic heterocycles. The Bertz CT molecular complexity index is 532. The molecule has 0 bridgehead atoms. The van der Waals surface area contributed by atoms with Crippen LogP contribution in [0.5, 0.6) is 0 Å². The minimum atomic E-state index is -3.58. The number of hydrogen-bond acceptors (Lipinski definition) is 4. The first-order valence-corrected chi connectivity index (χ1v) is 6.96. The Balaban J connectivity index is 2.35. The van der Waals surface area contributed by atoms with E-state index in [1.807, 2.05) is 0 Å². The summed E-state index contributed by atoms with van der Waals surface area (Å²) >= 11 is 5.74. The van der Waals surface area contributed by atoms with Crippen LogP contribution in [0.15, 0.2) is 23.1 Å². The lowest BCUT2D eigenvalue weighted by atomic mass is 10.3. The van der Waals surface area contributed by atoms with Crippen LogP contribution in [0.2, 0.25) is 5.02 Å². The maximum atomic E-state index is 12.2. The van der Waals surface area contributed by atoms with Gasteiger partial charge in [0.1, 0.15) is 0 Å². The number of nitrogens with zero attached hydrogens (tertiary/aromatic N) is 1. The summed E-state index contributed by atoms with van der Waals surface area (Å²) in [6.45, 7) is 0.455. The number of benzene rings is 1. The summed E-state index contributed by atoms with van der Waals surface area (Å²) in [5.41, 5.74) is 5.81. The van der Waals surface area contributed by atoms with Crippen molar-refractivity contribution in [3.8, 4) is 0 Å². The fourth-order valence-corrected chi connectivity index (χ4v) is 3.41. The average Bonchev–Trinajstić information content (AvgIpc) is 2.69. The van der Waals surface area contributed by atoms with Crippen LogP contribution < -0.4 is 5.73 Å². The van der Waals surface area contributed by atoms with Gasteiger partial charge in [0.2, 0.25) is 10.0 Å². The molecule has 0 aliphatic carbocycles. The zero-order valence-corrected chi connectivity index (χ0v) is 10.6. The molecule has 3 N–H and O–H groups in total. The maximum absolute atomic E-state index is 12.2. The smallest absolute Gasteiger partial charge is 0.243 e. The summed E-state index contributed by atoms with van der Waals surface area (Å²) in [5, 5.41) is 9.68. The second-order valence-corrected chi connectivity index (χ2v) is 6.33. The maximum Gasteiger partial charge on any atom is 0.243 e. The average molecular weight is 277 g/mol. The number of halogens is 1. The summed E-state index contributed by atoms with van der Waals surface area (Å²) < 4.78 is 25.6. The summed E-state index contributed by atoms with van der Waals surface area (Å²) in [4.78, 5) is 0.105. The highest BCUT2D eigenvalue weighted by Crippen LogP contribution is 2.26. The van der Waals surface area contributed by atoms with Crippen molar-refractivity contribution in [3.63, 3.8) is 0 Å². The van der Waals surface area contributed by atoms with Gasteiger partial charge in [-0.15, -0.1) is 0 Å². The molecule has 1 atom stereocenters. The molecule has 94 valence electrons. The molecule has 0 aromatic heterocycles. The first kappa shape index (κ1) is 12.6. The van der Waals surface area contributed by atoms with E-state index in [2.05, 4.69) is 0 Å². The highest BCUT2D eigenvalue weighted by Gasteiger charge is 2.31. The van der Waals surface area contributed by atoms with Crippen molar-refractivity contribution in [2.75, 3.05) is 18.8 Å². The van der Waals surface area contributed by atoms with E-state index in [-0.39, 0.29) is 17.1 Å². The largest absolute Gasteiger partial charge is 0.397 e. The number of rotatable bonds is 2. The van der Waals surface area contributed by atoms with Crippen molar-refractivity contribution in [1.82, 2.24) is 4.31 Å². The predicted octanol–water partition coefficient (Wildman–Crippen LogP) is 0.677. The second-order valence-electron chi connectivity index (χ2n) is 3.99. The van der Waals surface area contributed by atoms with Gasteiger partial charge >= 0.3 is 0 Å². The van der Waals surface area contributed by atoms with Crippen molar-refractivity contribution in [2.24, 2.45) is 0 Å². The number of anilines is 1. The predicted molar refractivity (Wildman–Crippen MR) is 65.2 cm³/mol. The number of nitrogens with two attached hydrogens (primary N) is 1. The van der Waals surface area contributed by atoms with Crippen molar-refractivity contribution < 1.29 is 13.5 Å². The molecule has 1 fully saturated rings. The van der Waals surface area contributed by atoms with Crippen LogP contribution in [-0.2, 0) is 10.0 Å². The van der Waals surface area contributed by atoms with Crippen molar-refractivity contribution >= 4 is 27.3 Å². The van der Waals surface area contributed by atoms with Crippen molar-refractivity contribution in [1.29, 1.82) is 0 Å². The Morgan fingerprint density at radius 2 is 2.18 bits per heavy atom. The van der Waals surface area contributed by atoms with E-state index in [1.54, 1.807) is 0 Å². The third kappa shape index (κ3) is 2.40. The quantitative estimate of drug-likeness (QED) is 0.778. The van der Waals surface area contributed by atoms with E-state index in [0.29, 0.717) is 18.0 Å². The minimum absolute atomic E-state index is 0.105. The van der Waals surface area contributed by atoms with E-state index >= 15 is 0 Å². The van der Waals surface area contributed by atoms with Crippen LogP contribution in [-0.4, -0.2) is 37.0 Å². The van der Waals surface area contributed by atoms with Crippen molar-refractivity contribution in [2.45, 2.75) is 17.4 Å². The van der Waals surface area contributed by atoms with Gasteiger partial charge < -0.3 is 10.8 Å². The number of hydrogen-bond donors (Lipinski definition) is 2. The highest BCUT2D eigenvalue weighted by molar-refractivity contribution is 7.89. The minimum Gasteiger partial charge on any atom is -0.397 e. The Labute approximate surface area is 105 Å². The number of β-amino-alcohol motifs (C(OH)–C–C–N with tert-alkyl or cyclic N) is 1. The first-order chi connectivity index (χ1) is 7.91. The fraction of sp³-hybridized carbons (Fsp3) is 0.400. The number of nitrogen functional groups attached to an aromatic ring is 1. The third-order valence-electron chi connectivity index (χ3n) is 2.73. The lowest BCUT2D eigenvalue weighted by Gasteiger charge is -2.16. The van der Waals surface area contributed by atoms with Crippen LogP contribution in [0.1, 0.15) is 6.42 Å². The molecule has 0 radical (unpaired) electrons. The van der Waals surface area contributed by atoms with Crippen LogP contribution in [0.3, 0.4) is 0 Å². The molecule has 1 aliphatic rings. The third-order valence-corrected chi connectivity index (χ3v) is 4.94. The number of aliphatic hydroxyl groups is 1. The Hall–Kier alpha value is -0.820. The Morgan fingerprint density at radius 1 is 1.47 bits per heavy atom. The molecule has 7 heteroatoms. The van der Waals surface area contributed by atoms with Crippen LogP contribution in [0.25, 0.3) is 0 Å². The lowest BCUT2D eigenvalue weighted by molar-refractivity contribution is 0.189. The summed E-state index contributed by atoms with van der Waals surface area (Å²) in [6, 6.07) is 4.21. The van der Waals surface area contributed by atoms with E-state index < -0.39 is 16.1 Å². The standard InChI is InChI=1S/C10H13ClN2O3S/c11-9-2-1-8(5-10(9)12)17(15,16)13-4-3-7(14)6-13/h1-2,5,7,14H,3-4,6,12H2. The molecule has 1 heterocycles. The molecule has 1 saturated heterocycles. The zero-order valence-electron chi connectivity index (χ0n) is 9.01. The normalized spacial score (nSPS) is 21.9. The zero-order chi connectivity index (χ0) is 12.6. The SMILES string of the molecule is Nc1cc(S(=O)(=O)N2CCC(O)C2)ccc1Cl. The van der Waals surface area contributed by atoms with Gasteiger partial charge in [-0.1, -0.05) is 11.6 Å². The monoisotopic (exact) mass is 276 g/mol. The number of aliphatic hydroxyl groups excluding tert-OH is 1. The second kappa shape index (κ2) is 4.45. The lowest BCUT2D eigenvalue weighted by Crippen LogP contribution is -2.29. The molecule has 0 saturated carbocycles. The van der Waals surface area contributed by atoms with E-state index in [9.17, 15) is 13.5 Å². The molecule has 1 aromatic carbocycles. The van der Waals surface area contributed by atoms with E-state index in [0.717, 1.165) is 0 Å². The molecule has 0 amide bonds. The van der Waals surface area contributed by atoms with Gasteiger partial charge in [-0.25, -0.2) is 8.42 Å². The molecular formula is C10H13ClN2O3S. The number of sulfonamides is 1. The summed E-state index contributed by atoms with van der Waals surface area (Å²) in [7, 11) is -3.58.